The van der Waals surface area contributed by atoms with E-state index in [2.05, 4.69) is 15.6 Å². The number of benzene rings is 1. The fourth-order valence-corrected chi connectivity index (χ4v) is 3.61. The molecule has 1 aliphatic carbocycles. The van der Waals surface area contributed by atoms with Gasteiger partial charge >= 0.3 is 0 Å². The van der Waals surface area contributed by atoms with E-state index in [1.54, 1.807) is 6.20 Å². The van der Waals surface area contributed by atoms with Crippen LogP contribution in [0.3, 0.4) is 0 Å². The van der Waals surface area contributed by atoms with Crippen LogP contribution in [0.2, 0.25) is 0 Å². The summed E-state index contributed by atoms with van der Waals surface area (Å²) in [5.41, 5.74) is 0.791. The second-order valence-corrected chi connectivity index (χ2v) is 6.64. The van der Waals surface area contributed by atoms with Crippen molar-refractivity contribution in [2.45, 2.75) is 25.7 Å². The maximum atomic E-state index is 12.4. The Morgan fingerprint density at radius 2 is 2.00 bits per heavy atom. The first-order valence-corrected chi connectivity index (χ1v) is 8.65. The summed E-state index contributed by atoms with van der Waals surface area (Å²) < 4.78 is 0. The number of carbonyl (C=O) groups is 2. The van der Waals surface area contributed by atoms with E-state index < -0.39 is 0 Å². The van der Waals surface area contributed by atoms with E-state index in [1.165, 1.54) is 11.3 Å². The van der Waals surface area contributed by atoms with Gasteiger partial charge in [-0.2, -0.15) is 0 Å². The zero-order valence-electron chi connectivity index (χ0n) is 12.7. The molecule has 1 fully saturated rings. The molecular formula is C17H19N3O2S. The molecule has 2 atom stereocenters. The Morgan fingerprint density at radius 1 is 1.17 bits per heavy atom. The Morgan fingerprint density at radius 3 is 2.74 bits per heavy atom. The molecule has 0 aliphatic heterocycles. The molecule has 120 valence electrons. The van der Waals surface area contributed by atoms with E-state index in [-0.39, 0.29) is 23.7 Å². The van der Waals surface area contributed by atoms with Crippen molar-refractivity contribution in [3.8, 4) is 0 Å². The van der Waals surface area contributed by atoms with Gasteiger partial charge in [0.1, 0.15) is 0 Å². The molecule has 23 heavy (non-hydrogen) atoms. The van der Waals surface area contributed by atoms with Crippen LogP contribution in [-0.2, 0) is 9.59 Å². The Labute approximate surface area is 139 Å². The van der Waals surface area contributed by atoms with Crippen LogP contribution in [0.25, 0.3) is 0 Å². The largest absolute Gasteiger partial charge is 0.326 e. The molecule has 1 heterocycles. The molecule has 1 aliphatic rings. The van der Waals surface area contributed by atoms with Crippen LogP contribution in [0.5, 0.6) is 0 Å². The number of nitrogens with one attached hydrogen (secondary N) is 2. The Balaban J connectivity index is 1.56. The Kier molecular flexibility index (Phi) is 5.02. The van der Waals surface area contributed by atoms with Crippen molar-refractivity contribution in [2.75, 3.05) is 10.6 Å². The maximum Gasteiger partial charge on any atom is 0.229 e. The van der Waals surface area contributed by atoms with Crippen LogP contribution in [0, 0.1) is 11.8 Å². The second kappa shape index (κ2) is 7.37. The molecule has 2 N–H and O–H groups in total. The average Bonchev–Trinajstić information content (AvgIpc) is 3.20. The highest BCUT2D eigenvalue weighted by Gasteiger charge is 2.34. The second-order valence-electron chi connectivity index (χ2n) is 5.74. The number of hydrogen-bond donors (Lipinski definition) is 2. The lowest BCUT2D eigenvalue weighted by Crippen LogP contribution is -2.28. The lowest BCUT2D eigenvalue weighted by molar-refractivity contribution is -0.122. The number of rotatable bonds is 5. The minimum atomic E-state index is -0.111. The number of nitrogens with zero attached hydrogens (tertiary/aromatic N) is 1. The number of anilines is 2. The molecule has 0 bridgehead atoms. The van der Waals surface area contributed by atoms with Crippen molar-refractivity contribution < 1.29 is 9.59 Å². The summed E-state index contributed by atoms with van der Waals surface area (Å²) in [6.45, 7) is 0. The third-order valence-corrected chi connectivity index (χ3v) is 4.85. The van der Waals surface area contributed by atoms with Crippen LogP contribution in [-0.4, -0.2) is 16.8 Å². The lowest BCUT2D eigenvalue weighted by Gasteiger charge is -2.18. The van der Waals surface area contributed by atoms with Gasteiger partial charge in [0, 0.05) is 29.6 Å². The predicted octanol–water partition coefficient (Wildman–Crippen LogP) is 3.53. The molecule has 0 spiro atoms. The summed E-state index contributed by atoms with van der Waals surface area (Å²) in [7, 11) is 0. The normalized spacial score (nSPS) is 20.2. The highest BCUT2D eigenvalue weighted by molar-refractivity contribution is 7.13. The average molecular weight is 329 g/mol. The van der Waals surface area contributed by atoms with Crippen molar-refractivity contribution >= 4 is 34.0 Å². The smallest absolute Gasteiger partial charge is 0.229 e. The van der Waals surface area contributed by atoms with Gasteiger partial charge in [-0.1, -0.05) is 24.6 Å². The van der Waals surface area contributed by atoms with Crippen LogP contribution in [0.4, 0.5) is 10.8 Å². The van der Waals surface area contributed by atoms with Gasteiger partial charge in [0.05, 0.1) is 0 Å². The minimum absolute atomic E-state index is 0.0186. The van der Waals surface area contributed by atoms with E-state index >= 15 is 0 Å². The minimum Gasteiger partial charge on any atom is -0.326 e. The Bertz CT molecular complexity index is 658. The Hall–Kier alpha value is -2.21. The zero-order chi connectivity index (χ0) is 16.1. The third-order valence-electron chi connectivity index (χ3n) is 4.16. The topological polar surface area (TPSA) is 71.1 Å². The molecule has 3 rings (SSSR count). The van der Waals surface area contributed by atoms with Crippen molar-refractivity contribution in [2.24, 2.45) is 11.8 Å². The van der Waals surface area contributed by atoms with E-state index in [0.29, 0.717) is 11.6 Å². The van der Waals surface area contributed by atoms with Gasteiger partial charge in [-0.15, -0.1) is 11.3 Å². The molecule has 2 amide bonds. The predicted molar refractivity (Wildman–Crippen MR) is 91.3 cm³/mol. The fourth-order valence-electron chi connectivity index (χ4n) is 3.08. The molecule has 1 unspecified atom stereocenters. The van der Waals surface area contributed by atoms with Crippen molar-refractivity contribution in [1.82, 2.24) is 4.98 Å². The molecular weight excluding hydrogens is 310 g/mol. The number of aromatic nitrogens is 1. The zero-order valence-corrected chi connectivity index (χ0v) is 13.5. The van der Waals surface area contributed by atoms with Gasteiger partial charge in [0.2, 0.25) is 11.8 Å². The summed E-state index contributed by atoms with van der Waals surface area (Å²) >= 11 is 1.40. The maximum absolute atomic E-state index is 12.4. The van der Waals surface area contributed by atoms with Crippen LogP contribution in [0.15, 0.2) is 41.9 Å². The molecule has 2 aromatic rings. The van der Waals surface area contributed by atoms with Crippen molar-refractivity contribution in [3.63, 3.8) is 0 Å². The molecule has 0 saturated heterocycles. The SMILES string of the molecule is O=C(CC1CCC[C@H]1C(=O)Nc1nccs1)Nc1ccccc1. The van der Waals surface area contributed by atoms with Crippen LogP contribution >= 0.6 is 11.3 Å². The van der Waals surface area contributed by atoms with Crippen LogP contribution in [0.1, 0.15) is 25.7 Å². The summed E-state index contributed by atoms with van der Waals surface area (Å²) in [4.78, 5) is 28.7. The summed E-state index contributed by atoms with van der Waals surface area (Å²) in [6, 6.07) is 9.40. The summed E-state index contributed by atoms with van der Waals surface area (Å²) in [6.07, 6.45) is 4.78. The molecule has 1 aromatic heterocycles. The van der Waals surface area contributed by atoms with E-state index in [0.717, 1.165) is 24.9 Å². The molecule has 6 heteroatoms. The van der Waals surface area contributed by atoms with E-state index in [9.17, 15) is 9.59 Å². The monoisotopic (exact) mass is 329 g/mol. The van der Waals surface area contributed by atoms with Gasteiger partial charge in [-0.05, 0) is 30.9 Å². The van der Waals surface area contributed by atoms with Crippen molar-refractivity contribution in [3.05, 3.63) is 41.9 Å². The number of thiazole rings is 1. The first-order valence-electron chi connectivity index (χ1n) is 7.77. The molecule has 1 aromatic carbocycles. The third kappa shape index (κ3) is 4.16. The van der Waals surface area contributed by atoms with Gasteiger partial charge in [-0.3, -0.25) is 9.59 Å². The highest BCUT2D eigenvalue weighted by atomic mass is 32.1. The van der Waals surface area contributed by atoms with Crippen molar-refractivity contribution in [1.29, 1.82) is 0 Å². The van der Waals surface area contributed by atoms with Crippen LogP contribution < -0.4 is 10.6 Å². The van der Waals surface area contributed by atoms with Gasteiger partial charge < -0.3 is 10.6 Å². The quantitative estimate of drug-likeness (QED) is 0.881. The number of carbonyl (C=O) groups excluding carboxylic acids is 2. The summed E-state index contributed by atoms with van der Waals surface area (Å²) in [5, 5.41) is 8.19. The molecule has 1 saturated carbocycles. The molecule has 5 nitrogen and oxygen atoms in total. The van der Waals surface area contributed by atoms with E-state index in [4.69, 9.17) is 0 Å². The number of amides is 2. The number of hydrogen-bond acceptors (Lipinski definition) is 4. The first-order chi connectivity index (χ1) is 11.2. The van der Waals surface area contributed by atoms with Gasteiger partial charge in [0.25, 0.3) is 0 Å². The van der Waals surface area contributed by atoms with E-state index in [1.807, 2.05) is 35.7 Å². The molecule has 0 radical (unpaired) electrons. The standard InChI is InChI=1S/C17H19N3O2S/c21-15(19-13-6-2-1-3-7-13)11-12-5-4-8-14(12)16(22)20-17-18-9-10-23-17/h1-3,6-7,9-10,12,14H,4-5,8,11H2,(H,19,21)(H,18,20,22)/t12?,14-/m1/s1. The highest BCUT2D eigenvalue weighted by Crippen LogP contribution is 2.35. The lowest BCUT2D eigenvalue weighted by atomic mass is 9.92. The van der Waals surface area contributed by atoms with Gasteiger partial charge in [-0.25, -0.2) is 4.98 Å². The van der Waals surface area contributed by atoms with Gasteiger partial charge in [0.15, 0.2) is 5.13 Å². The summed E-state index contributed by atoms with van der Waals surface area (Å²) in [5.74, 6) is -0.0655. The first kappa shape index (κ1) is 15.7. The fraction of sp³-hybridized carbons (Fsp3) is 0.353. The number of para-hydroxylation sites is 1.